The first-order chi connectivity index (χ1) is 5.25. The molecule has 0 aromatic carbocycles. The molecule has 1 heterocycles. The largest absolute Gasteiger partial charge is 0.355 e. The Morgan fingerprint density at radius 2 is 2.36 bits per heavy atom. The fourth-order valence-electron chi connectivity index (χ4n) is 1.27. The van der Waals surface area contributed by atoms with Gasteiger partial charge < -0.3 is 10.6 Å². The van der Waals surface area contributed by atoms with E-state index in [0.29, 0.717) is 0 Å². The van der Waals surface area contributed by atoms with E-state index >= 15 is 0 Å². The van der Waals surface area contributed by atoms with Gasteiger partial charge in [0.25, 0.3) is 0 Å². The number of carbonyl (C=O) groups is 1. The zero-order chi connectivity index (χ0) is 8.27. The minimum Gasteiger partial charge on any atom is -0.355 e. The Morgan fingerprint density at radius 3 is 2.91 bits per heavy atom. The van der Waals surface area contributed by atoms with Gasteiger partial charge in [-0.2, -0.15) is 0 Å². The van der Waals surface area contributed by atoms with Crippen LogP contribution in [-0.2, 0) is 4.79 Å². The number of amides is 1. The lowest BCUT2D eigenvalue weighted by Gasteiger charge is -2.17. The van der Waals surface area contributed by atoms with Crippen molar-refractivity contribution in [2.24, 2.45) is 0 Å². The molecule has 0 spiro atoms. The lowest BCUT2D eigenvalue weighted by atomic mass is 10.0. The summed E-state index contributed by atoms with van der Waals surface area (Å²) in [6.45, 7) is 3.76. The minimum absolute atomic E-state index is 0.0731. The van der Waals surface area contributed by atoms with Crippen molar-refractivity contribution in [1.29, 1.82) is 0 Å². The molecule has 11 heavy (non-hydrogen) atoms. The highest BCUT2D eigenvalue weighted by molar-refractivity contribution is 5.94. The summed E-state index contributed by atoms with van der Waals surface area (Å²) in [6.07, 6.45) is 0.853. The van der Waals surface area contributed by atoms with Crippen molar-refractivity contribution >= 4 is 5.91 Å². The normalized spacial score (nSPS) is 18.4. The average Bonchev–Trinajstić information content (AvgIpc) is 2.04. The van der Waals surface area contributed by atoms with Crippen LogP contribution in [0.2, 0.25) is 0 Å². The molecule has 0 aliphatic carbocycles. The van der Waals surface area contributed by atoms with Gasteiger partial charge in [0.15, 0.2) is 0 Å². The first kappa shape index (κ1) is 8.27. The van der Waals surface area contributed by atoms with E-state index < -0.39 is 0 Å². The summed E-state index contributed by atoms with van der Waals surface area (Å²) < 4.78 is 0. The Morgan fingerprint density at radius 1 is 1.64 bits per heavy atom. The number of hydrogen-bond acceptors (Lipinski definition) is 2. The van der Waals surface area contributed by atoms with Gasteiger partial charge in [-0.3, -0.25) is 4.79 Å². The topological polar surface area (TPSA) is 41.1 Å². The molecule has 0 aromatic heterocycles. The molecule has 0 saturated heterocycles. The van der Waals surface area contributed by atoms with Gasteiger partial charge in [-0.05, 0) is 19.9 Å². The molecule has 62 valence electrons. The quantitative estimate of drug-likeness (QED) is 0.560. The molecular formula is C8H14N2O. The highest BCUT2D eigenvalue weighted by atomic mass is 16.1. The highest BCUT2D eigenvalue weighted by Gasteiger charge is 2.13. The molecule has 0 fully saturated rings. The second-order valence-electron chi connectivity index (χ2n) is 2.76. The van der Waals surface area contributed by atoms with Crippen molar-refractivity contribution in [1.82, 2.24) is 10.6 Å². The monoisotopic (exact) mass is 154 g/mol. The molecule has 0 bridgehead atoms. The highest BCUT2D eigenvalue weighted by Crippen LogP contribution is 2.11. The molecule has 0 saturated carbocycles. The number of hydrogen-bond donors (Lipinski definition) is 2. The summed E-state index contributed by atoms with van der Waals surface area (Å²) in [5, 5.41) is 5.85. The first-order valence-corrected chi connectivity index (χ1v) is 3.87. The molecular weight excluding hydrogens is 140 g/mol. The molecule has 0 radical (unpaired) electrons. The number of likely N-dealkylation sites (N-methyl/N-ethyl adjacent to an activating group) is 1. The third kappa shape index (κ3) is 1.80. The number of nitrogens with one attached hydrogen (secondary N) is 2. The van der Waals surface area contributed by atoms with Gasteiger partial charge in [0, 0.05) is 19.2 Å². The van der Waals surface area contributed by atoms with E-state index in [4.69, 9.17) is 0 Å². The Labute approximate surface area is 66.9 Å². The van der Waals surface area contributed by atoms with Crippen LogP contribution in [0.1, 0.15) is 13.3 Å². The van der Waals surface area contributed by atoms with Crippen molar-refractivity contribution in [3.63, 3.8) is 0 Å². The van der Waals surface area contributed by atoms with E-state index in [1.807, 2.05) is 6.92 Å². The van der Waals surface area contributed by atoms with Crippen LogP contribution in [0.4, 0.5) is 0 Å². The molecule has 1 aliphatic heterocycles. The summed E-state index contributed by atoms with van der Waals surface area (Å²) in [5.74, 6) is 0.0731. The smallest absolute Gasteiger partial charge is 0.246 e. The van der Waals surface area contributed by atoms with Crippen LogP contribution in [0.25, 0.3) is 0 Å². The van der Waals surface area contributed by atoms with Gasteiger partial charge in [-0.1, -0.05) is 5.57 Å². The lowest BCUT2D eigenvalue weighted by molar-refractivity contribution is -0.117. The minimum atomic E-state index is 0.0731. The van der Waals surface area contributed by atoms with E-state index in [0.717, 1.165) is 30.7 Å². The number of carbonyl (C=O) groups excluding carboxylic acids is 1. The van der Waals surface area contributed by atoms with Crippen molar-refractivity contribution < 1.29 is 4.79 Å². The Balaban J connectivity index is 2.74. The van der Waals surface area contributed by atoms with Gasteiger partial charge in [0.05, 0.1) is 0 Å². The summed E-state index contributed by atoms with van der Waals surface area (Å²) in [5.41, 5.74) is 2.11. The second kappa shape index (κ2) is 3.53. The van der Waals surface area contributed by atoms with Gasteiger partial charge in [-0.15, -0.1) is 0 Å². The zero-order valence-corrected chi connectivity index (χ0v) is 7.03. The molecule has 1 rings (SSSR count). The predicted molar refractivity (Wildman–Crippen MR) is 44.3 cm³/mol. The molecule has 3 nitrogen and oxygen atoms in total. The first-order valence-electron chi connectivity index (χ1n) is 3.87. The molecule has 1 amide bonds. The summed E-state index contributed by atoms with van der Waals surface area (Å²) in [4.78, 5) is 11.2. The second-order valence-corrected chi connectivity index (χ2v) is 2.76. The third-order valence-corrected chi connectivity index (χ3v) is 1.96. The van der Waals surface area contributed by atoms with Crippen LogP contribution in [0.15, 0.2) is 11.1 Å². The van der Waals surface area contributed by atoms with Crippen LogP contribution in [-0.4, -0.2) is 26.0 Å². The molecule has 0 atom stereocenters. The van der Waals surface area contributed by atoms with Crippen LogP contribution in [0.3, 0.4) is 0 Å². The Hall–Kier alpha value is -0.830. The van der Waals surface area contributed by atoms with E-state index in [2.05, 4.69) is 10.6 Å². The fraction of sp³-hybridized carbons (Fsp3) is 0.625. The molecule has 0 unspecified atom stereocenters. The van der Waals surface area contributed by atoms with E-state index in [-0.39, 0.29) is 5.91 Å². The molecule has 2 N–H and O–H groups in total. The SMILES string of the molecule is CNC(=O)C1=C(C)CNCC1. The maximum atomic E-state index is 11.2. The third-order valence-electron chi connectivity index (χ3n) is 1.96. The van der Waals surface area contributed by atoms with Crippen LogP contribution >= 0.6 is 0 Å². The lowest BCUT2D eigenvalue weighted by Crippen LogP contribution is -2.31. The molecule has 3 heteroatoms. The van der Waals surface area contributed by atoms with Crippen molar-refractivity contribution in [2.75, 3.05) is 20.1 Å². The fourth-order valence-corrected chi connectivity index (χ4v) is 1.27. The van der Waals surface area contributed by atoms with Crippen LogP contribution in [0, 0.1) is 0 Å². The summed E-state index contributed by atoms with van der Waals surface area (Å²) in [6, 6.07) is 0. The van der Waals surface area contributed by atoms with Crippen LogP contribution in [0.5, 0.6) is 0 Å². The van der Waals surface area contributed by atoms with Crippen molar-refractivity contribution in [3.05, 3.63) is 11.1 Å². The molecule has 1 aliphatic rings. The maximum absolute atomic E-state index is 11.2. The van der Waals surface area contributed by atoms with Gasteiger partial charge in [0.1, 0.15) is 0 Å². The summed E-state index contributed by atoms with van der Waals surface area (Å²) in [7, 11) is 1.67. The maximum Gasteiger partial charge on any atom is 0.246 e. The van der Waals surface area contributed by atoms with Crippen molar-refractivity contribution in [3.8, 4) is 0 Å². The van der Waals surface area contributed by atoms with E-state index in [9.17, 15) is 4.79 Å². The Kier molecular flexibility index (Phi) is 2.65. The van der Waals surface area contributed by atoms with E-state index in [1.165, 1.54) is 0 Å². The van der Waals surface area contributed by atoms with Crippen LogP contribution < -0.4 is 10.6 Å². The van der Waals surface area contributed by atoms with Gasteiger partial charge in [-0.25, -0.2) is 0 Å². The average molecular weight is 154 g/mol. The van der Waals surface area contributed by atoms with Gasteiger partial charge >= 0.3 is 0 Å². The predicted octanol–water partition coefficient (Wildman–Crippen LogP) is 0.0422. The summed E-state index contributed by atoms with van der Waals surface area (Å²) >= 11 is 0. The van der Waals surface area contributed by atoms with Gasteiger partial charge in [0.2, 0.25) is 5.91 Å². The Bertz CT molecular complexity index is 196. The van der Waals surface area contributed by atoms with Crippen molar-refractivity contribution in [2.45, 2.75) is 13.3 Å². The number of rotatable bonds is 1. The van der Waals surface area contributed by atoms with E-state index in [1.54, 1.807) is 7.05 Å². The standard InChI is InChI=1S/C8H14N2O/c1-6-5-10-4-3-7(6)8(11)9-2/h10H,3-5H2,1-2H3,(H,9,11). The molecule has 0 aromatic rings. The zero-order valence-electron chi connectivity index (χ0n) is 7.03.